The van der Waals surface area contributed by atoms with E-state index < -0.39 is 0 Å². The first kappa shape index (κ1) is 22.0. The van der Waals surface area contributed by atoms with Gasteiger partial charge in [0.05, 0.1) is 23.5 Å². The maximum absolute atomic E-state index is 12.0. The van der Waals surface area contributed by atoms with E-state index in [1.807, 2.05) is 18.2 Å². The van der Waals surface area contributed by atoms with Crippen molar-refractivity contribution in [2.24, 2.45) is 5.10 Å². The smallest absolute Gasteiger partial charge is 0.250 e. The van der Waals surface area contributed by atoms with E-state index in [0.29, 0.717) is 23.9 Å². The average molecular weight is 463 g/mol. The number of hydrogen-bond donors (Lipinski definition) is 1. The summed E-state index contributed by atoms with van der Waals surface area (Å²) in [7, 11) is 1.57. The molecule has 148 valence electrons. The molecule has 7 heteroatoms. The predicted molar refractivity (Wildman–Crippen MR) is 119 cm³/mol. The zero-order valence-corrected chi connectivity index (χ0v) is 18.3. The van der Waals surface area contributed by atoms with Gasteiger partial charge in [0.2, 0.25) is 5.91 Å². The van der Waals surface area contributed by atoms with Crippen molar-refractivity contribution in [2.45, 2.75) is 12.7 Å². The highest BCUT2D eigenvalue weighted by Gasteiger charge is 2.10. The number of carbonyl (C=O) groups is 1. The number of carbonyl (C=O) groups excluding carboxylic acids is 1. The number of amides is 1. The molecule has 0 unspecified atom stereocenters. The van der Waals surface area contributed by atoms with Gasteiger partial charge in [0.15, 0.2) is 11.5 Å². The zero-order valence-electron chi connectivity index (χ0n) is 15.9. The summed E-state index contributed by atoms with van der Waals surface area (Å²) >= 11 is 5.02. The van der Waals surface area contributed by atoms with E-state index in [1.165, 1.54) is 11.1 Å². The van der Waals surface area contributed by atoms with Crippen molar-refractivity contribution in [1.29, 1.82) is 0 Å². The molecule has 0 radical (unpaired) electrons. The molecule has 0 aliphatic heterocycles. The normalized spacial score (nSPS) is 10.7. The van der Waals surface area contributed by atoms with Gasteiger partial charge < -0.3 is 9.47 Å². The third-order valence-electron chi connectivity index (χ3n) is 3.75. The second-order valence-corrected chi connectivity index (χ2v) is 7.69. The van der Waals surface area contributed by atoms with E-state index in [-0.39, 0.29) is 5.91 Å². The molecule has 0 bridgehead atoms. The molecule has 2 rings (SSSR count). The number of ether oxygens (including phenoxy) is 2. The number of methoxy groups -OCH3 is 1. The second kappa shape index (κ2) is 11.6. The van der Waals surface area contributed by atoms with Crippen LogP contribution in [-0.4, -0.2) is 31.6 Å². The molecule has 0 atom stereocenters. The van der Waals surface area contributed by atoms with Crippen LogP contribution in [0, 0.1) is 6.92 Å². The van der Waals surface area contributed by atoms with Crippen LogP contribution in [0.5, 0.6) is 11.5 Å². The number of aryl methyl sites for hydroxylation is 1. The molecule has 0 heterocycles. The van der Waals surface area contributed by atoms with E-state index >= 15 is 0 Å². The number of thioether (sulfide) groups is 1. The number of nitrogens with one attached hydrogen (secondary N) is 1. The average Bonchev–Trinajstić information content (AvgIpc) is 2.68. The maximum Gasteiger partial charge on any atom is 0.250 e. The fourth-order valence-electron chi connectivity index (χ4n) is 2.33. The minimum atomic E-state index is -0.146. The molecule has 2 aromatic carbocycles. The largest absolute Gasteiger partial charge is 0.493 e. The van der Waals surface area contributed by atoms with Gasteiger partial charge in [-0.3, -0.25) is 4.79 Å². The first-order chi connectivity index (χ1) is 13.5. The molecule has 0 spiro atoms. The lowest BCUT2D eigenvalue weighted by Crippen LogP contribution is -2.19. The van der Waals surface area contributed by atoms with Crippen LogP contribution in [0.1, 0.15) is 16.7 Å². The van der Waals surface area contributed by atoms with Crippen molar-refractivity contribution in [2.75, 3.05) is 19.5 Å². The van der Waals surface area contributed by atoms with Gasteiger partial charge in [0.1, 0.15) is 6.61 Å². The van der Waals surface area contributed by atoms with Crippen molar-refractivity contribution in [1.82, 2.24) is 5.43 Å². The highest BCUT2D eigenvalue weighted by atomic mass is 79.9. The summed E-state index contributed by atoms with van der Waals surface area (Å²) < 4.78 is 11.7. The molecular weight excluding hydrogens is 440 g/mol. The number of nitrogens with zero attached hydrogens (tertiary/aromatic N) is 1. The Hall–Kier alpha value is -2.25. The molecular formula is C21H23BrN2O3S. The minimum absolute atomic E-state index is 0.146. The van der Waals surface area contributed by atoms with E-state index in [0.717, 1.165) is 15.8 Å². The van der Waals surface area contributed by atoms with Crippen LogP contribution >= 0.6 is 27.7 Å². The number of hydrazone groups is 1. The Balaban J connectivity index is 1.87. The van der Waals surface area contributed by atoms with E-state index in [2.05, 4.69) is 52.1 Å². The summed E-state index contributed by atoms with van der Waals surface area (Å²) in [5.74, 6) is 2.15. The summed E-state index contributed by atoms with van der Waals surface area (Å²) in [4.78, 5) is 12.0. The number of halogens is 1. The Morgan fingerprint density at radius 2 is 2.14 bits per heavy atom. The van der Waals surface area contributed by atoms with Crippen LogP contribution in [0.3, 0.4) is 0 Å². The van der Waals surface area contributed by atoms with E-state index in [1.54, 1.807) is 37.2 Å². The standard InChI is InChI=1S/C21H23BrN2O3S/c1-4-9-27-21-18(22)10-16(11-19(21)26-3)12-23-24-20(25)14-28-13-17-8-6-5-7-15(17)2/h4-8,10-12H,1,9,13-14H2,2-3H3,(H,24,25)/b23-12-. The van der Waals surface area contributed by atoms with Gasteiger partial charge in [-0.05, 0) is 51.7 Å². The SMILES string of the molecule is C=CCOc1c(Br)cc(/C=N\NC(=O)CSCc2ccccc2C)cc1OC. The van der Waals surface area contributed by atoms with Crippen molar-refractivity contribution >= 4 is 39.8 Å². The topological polar surface area (TPSA) is 59.9 Å². The Labute approximate surface area is 178 Å². The van der Waals surface area contributed by atoms with Crippen molar-refractivity contribution < 1.29 is 14.3 Å². The lowest BCUT2D eigenvalue weighted by Gasteiger charge is -2.12. The van der Waals surface area contributed by atoms with Crippen LogP contribution in [0.15, 0.2) is 58.6 Å². The second-order valence-electron chi connectivity index (χ2n) is 5.85. The van der Waals surface area contributed by atoms with Gasteiger partial charge in [-0.1, -0.05) is 36.9 Å². The van der Waals surface area contributed by atoms with Gasteiger partial charge in [0, 0.05) is 5.75 Å². The third-order valence-corrected chi connectivity index (χ3v) is 5.32. The summed E-state index contributed by atoms with van der Waals surface area (Å²) in [6.07, 6.45) is 3.22. The van der Waals surface area contributed by atoms with Gasteiger partial charge >= 0.3 is 0 Å². The van der Waals surface area contributed by atoms with Gasteiger partial charge in [-0.15, -0.1) is 11.8 Å². The molecule has 0 saturated heterocycles. The van der Waals surface area contributed by atoms with Crippen molar-refractivity contribution in [3.05, 3.63) is 70.2 Å². The molecule has 0 saturated carbocycles. The van der Waals surface area contributed by atoms with Gasteiger partial charge in [-0.2, -0.15) is 5.10 Å². The molecule has 5 nitrogen and oxygen atoms in total. The van der Waals surface area contributed by atoms with Crippen LogP contribution in [-0.2, 0) is 10.5 Å². The van der Waals surface area contributed by atoms with Gasteiger partial charge in [0.25, 0.3) is 0 Å². The molecule has 1 amide bonds. The third kappa shape index (κ3) is 6.73. The molecule has 0 aromatic heterocycles. The van der Waals surface area contributed by atoms with Crippen LogP contribution < -0.4 is 14.9 Å². The zero-order chi connectivity index (χ0) is 20.4. The van der Waals surface area contributed by atoms with E-state index in [4.69, 9.17) is 9.47 Å². The Bertz CT molecular complexity index is 856. The van der Waals surface area contributed by atoms with Crippen molar-refractivity contribution in [3.8, 4) is 11.5 Å². The summed E-state index contributed by atoms with van der Waals surface area (Å²) in [6.45, 7) is 6.08. The fourth-order valence-corrected chi connectivity index (χ4v) is 3.80. The Morgan fingerprint density at radius 1 is 1.36 bits per heavy atom. The quantitative estimate of drug-likeness (QED) is 0.315. The van der Waals surface area contributed by atoms with Gasteiger partial charge in [-0.25, -0.2) is 5.43 Å². The lowest BCUT2D eigenvalue weighted by atomic mass is 10.1. The number of hydrogen-bond acceptors (Lipinski definition) is 5. The molecule has 1 N–H and O–H groups in total. The summed E-state index contributed by atoms with van der Waals surface area (Å²) in [6, 6.07) is 11.8. The molecule has 28 heavy (non-hydrogen) atoms. The maximum atomic E-state index is 12.0. The van der Waals surface area contributed by atoms with Crippen LogP contribution in [0.4, 0.5) is 0 Å². The first-order valence-electron chi connectivity index (χ1n) is 8.60. The minimum Gasteiger partial charge on any atom is -0.493 e. The lowest BCUT2D eigenvalue weighted by molar-refractivity contribution is -0.118. The summed E-state index contributed by atoms with van der Waals surface area (Å²) in [5, 5.41) is 4.02. The Morgan fingerprint density at radius 3 is 2.86 bits per heavy atom. The Kier molecular flexibility index (Phi) is 9.10. The molecule has 0 aliphatic rings. The van der Waals surface area contributed by atoms with Crippen LogP contribution in [0.25, 0.3) is 0 Å². The molecule has 2 aromatic rings. The first-order valence-corrected chi connectivity index (χ1v) is 10.5. The molecule has 0 aliphatic carbocycles. The van der Waals surface area contributed by atoms with Crippen LogP contribution in [0.2, 0.25) is 0 Å². The van der Waals surface area contributed by atoms with Crippen molar-refractivity contribution in [3.63, 3.8) is 0 Å². The highest BCUT2D eigenvalue weighted by Crippen LogP contribution is 2.36. The van der Waals surface area contributed by atoms with E-state index in [9.17, 15) is 4.79 Å². The highest BCUT2D eigenvalue weighted by molar-refractivity contribution is 9.10. The summed E-state index contributed by atoms with van der Waals surface area (Å²) in [5.41, 5.74) is 5.78. The molecule has 0 fully saturated rings. The number of rotatable bonds is 10. The predicted octanol–water partition coefficient (Wildman–Crippen LogP) is 4.71. The fraction of sp³-hybridized carbons (Fsp3) is 0.238. The monoisotopic (exact) mass is 462 g/mol. The number of benzene rings is 2.